The van der Waals surface area contributed by atoms with E-state index in [1.807, 2.05) is 0 Å². The fraction of sp³-hybridized carbons (Fsp3) is 0.273. The highest BCUT2D eigenvalue weighted by Gasteiger charge is 2.16. The average molecular weight is 221 g/mol. The second kappa shape index (κ2) is 5.03. The molecule has 0 aliphatic carbocycles. The summed E-state index contributed by atoms with van der Waals surface area (Å²) in [7, 11) is 4.34. The number of hydrogen-bond acceptors (Lipinski definition) is 5. The van der Waals surface area contributed by atoms with Gasteiger partial charge in [-0.2, -0.15) is 5.26 Å². The zero-order chi connectivity index (χ0) is 12.1. The van der Waals surface area contributed by atoms with E-state index in [4.69, 9.17) is 19.5 Å². The van der Waals surface area contributed by atoms with Crippen molar-refractivity contribution in [3.05, 3.63) is 17.7 Å². The number of nitriles is 1. The van der Waals surface area contributed by atoms with Crippen molar-refractivity contribution >= 4 is 5.78 Å². The van der Waals surface area contributed by atoms with Crippen LogP contribution < -0.4 is 14.2 Å². The van der Waals surface area contributed by atoms with Gasteiger partial charge in [0.05, 0.1) is 26.9 Å². The minimum Gasteiger partial charge on any atom is -0.496 e. The number of carbonyl (C=O) groups excluding carboxylic acids is 1. The molecule has 0 aromatic heterocycles. The Morgan fingerprint density at radius 1 is 1.06 bits per heavy atom. The molecular weight excluding hydrogens is 210 g/mol. The quantitative estimate of drug-likeness (QED) is 0.568. The Bertz CT molecular complexity index is 448. The van der Waals surface area contributed by atoms with Gasteiger partial charge < -0.3 is 14.2 Å². The van der Waals surface area contributed by atoms with Crippen LogP contribution in [-0.2, 0) is 0 Å². The third-order valence-electron chi connectivity index (χ3n) is 2.05. The van der Waals surface area contributed by atoms with Crippen LogP contribution in [0.25, 0.3) is 0 Å². The van der Waals surface area contributed by atoms with Crippen LogP contribution in [0.1, 0.15) is 10.4 Å². The standard InChI is InChI=1S/C11H11NO4/c1-14-9-5-11(16-3)10(15-2)4-7(9)8(13)6-12/h4-5H,1-3H3. The van der Waals surface area contributed by atoms with Crippen LogP contribution in [-0.4, -0.2) is 27.1 Å². The van der Waals surface area contributed by atoms with Gasteiger partial charge in [0.1, 0.15) is 11.8 Å². The highest BCUT2D eigenvalue weighted by molar-refractivity contribution is 6.09. The molecule has 0 saturated heterocycles. The summed E-state index contributed by atoms with van der Waals surface area (Å²) >= 11 is 0. The molecule has 84 valence electrons. The molecule has 0 heterocycles. The maximum Gasteiger partial charge on any atom is 0.266 e. The minimum atomic E-state index is -0.683. The smallest absolute Gasteiger partial charge is 0.266 e. The Hall–Kier alpha value is -2.22. The number of hydrogen-bond donors (Lipinski definition) is 0. The molecule has 0 radical (unpaired) electrons. The molecule has 0 saturated carbocycles. The van der Waals surface area contributed by atoms with Gasteiger partial charge in [0, 0.05) is 6.07 Å². The Kier molecular flexibility index (Phi) is 3.72. The van der Waals surface area contributed by atoms with Crippen LogP contribution in [0.2, 0.25) is 0 Å². The van der Waals surface area contributed by atoms with E-state index in [0.29, 0.717) is 11.5 Å². The normalized spacial score (nSPS) is 9.12. The SMILES string of the molecule is COc1cc(OC)c(C(=O)C#N)cc1OC. The summed E-state index contributed by atoms with van der Waals surface area (Å²) in [5.41, 5.74) is 0.155. The highest BCUT2D eigenvalue weighted by atomic mass is 16.5. The molecule has 0 bridgehead atoms. The van der Waals surface area contributed by atoms with Gasteiger partial charge in [0.25, 0.3) is 5.78 Å². The second-order valence-corrected chi connectivity index (χ2v) is 2.85. The molecule has 0 aliphatic rings. The molecule has 0 amide bonds. The molecule has 0 unspecified atom stereocenters. The summed E-state index contributed by atoms with van der Waals surface area (Å²) in [4.78, 5) is 11.3. The van der Waals surface area contributed by atoms with E-state index in [0.717, 1.165) is 0 Å². The lowest BCUT2D eigenvalue weighted by Crippen LogP contribution is -2.01. The van der Waals surface area contributed by atoms with Gasteiger partial charge in [0.15, 0.2) is 11.5 Å². The van der Waals surface area contributed by atoms with Crippen molar-refractivity contribution in [3.63, 3.8) is 0 Å². The summed E-state index contributed by atoms with van der Waals surface area (Å²) < 4.78 is 15.1. The largest absolute Gasteiger partial charge is 0.496 e. The summed E-state index contributed by atoms with van der Waals surface area (Å²) in [5.74, 6) is 0.415. The lowest BCUT2D eigenvalue weighted by atomic mass is 10.1. The number of rotatable bonds is 4. The van der Waals surface area contributed by atoms with Crippen LogP contribution in [0, 0.1) is 11.3 Å². The molecule has 1 aromatic rings. The number of methoxy groups -OCH3 is 3. The molecule has 1 rings (SSSR count). The van der Waals surface area contributed by atoms with Gasteiger partial charge in [0.2, 0.25) is 0 Å². The minimum absolute atomic E-state index is 0.155. The fourth-order valence-electron chi connectivity index (χ4n) is 1.27. The van der Waals surface area contributed by atoms with Crippen molar-refractivity contribution in [2.45, 2.75) is 0 Å². The fourth-order valence-corrected chi connectivity index (χ4v) is 1.27. The number of ketones is 1. The predicted octanol–water partition coefficient (Wildman–Crippen LogP) is 1.42. The van der Waals surface area contributed by atoms with Crippen molar-refractivity contribution in [2.24, 2.45) is 0 Å². The van der Waals surface area contributed by atoms with E-state index in [9.17, 15) is 4.79 Å². The van der Waals surface area contributed by atoms with E-state index in [2.05, 4.69) is 0 Å². The van der Waals surface area contributed by atoms with Crippen LogP contribution in [0.5, 0.6) is 17.2 Å². The molecule has 0 atom stereocenters. The lowest BCUT2D eigenvalue weighted by molar-refractivity contribution is 0.105. The molecule has 0 aliphatic heterocycles. The van der Waals surface area contributed by atoms with Crippen molar-refractivity contribution < 1.29 is 19.0 Å². The Labute approximate surface area is 93.2 Å². The maximum atomic E-state index is 11.3. The van der Waals surface area contributed by atoms with Gasteiger partial charge in [-0.3, -0.25) is 4.79 Å². The Balaban J connectivity index is 3.38. The Morgan fingerprint density at radius 2 is 1.56 bits per heavy atom. The topological polar surface area (TPSA) is 68.5 Å². The third kappa shape index (κ3) is 2.06. The number of benzene rings is 1. The summed E-state index contributed by atoms with van der Waals surface area (Å²) in [5, 5.41) is 8.57. The first-order valence-corrected chi connectivity index (χ1v) is 4.42. The number of Topliss-reactive ketones (excluding diaryl/α,β-unsaturated/α-hetero) is 1. The first kappa shape index (κ1) is 11.9. The van der Waals surface area contributed by atoms with Crippen LogP contribution in [0.3, 0.4) is 0 Å². The molecule has 0 spiro atoms. The lowest BCUT2D eigenvalue weighted by Gasteiger charge is -2.11. The van der Waals surface area contributed by atoms with Gasteiger partial charge >= 0.3 is 0 Å². The second-order valence-electron chi connectivity index (χ2n) is 2.85. The zero-order valence-corrected chi connectivity index (χ0v) is 9.23. The third-order valence-corrected chi connectivity index (χ3v) is 2.05. The Morgan fingerprint density at radius 3 is 2.00 bits per heavy atom. The van der Waals surface area contributed by atoms with E-state index >= 15 is 0 Å². The monoisotopic (exact) mass is 221 g/mol. The summed E-state index contributed by atoms with van der Waals surface area (Å²) in [6.45, 7) is 0. The average Bonchev–Trinajstić information content (AvgIpc) is 2.35. The summed E-state index contributed by atoms with van der Waals surface area (Å²) in [6, 6.07) is 4.45. The van der Waals surface area contributed by atoms with Crippen LogP contribution in [0.4, 0.5) is 0 Å². The first-order valence-electron chi connectivity index (χ1n) is 4.42. The molecule has 0 N–H and O–H groups in total. The summed E-state index contributed by atoms with van der Waals surface area (Å²) in [6.07, 6.45) is 0. The molecule has 16 heavy (non-hydrogen) atoms. The molecule has 5 heteroatoms. The number of carbonyl (C=O) groups is 1. The molecule has 5 nitrogen and oxygen atoms in total. The van der Waals surface area contributed by atoms with Gasteiger partial charge in [-0.05, 0) is 6.07 Å². The van der Waals surface area contributed by atoms with Crippen molar-refractivity contribution in [1.82, 2.24) is 0 Å². The number of nitrogens with zero attached hydrogens (tertiary/aromatic N) is 1. The van der Waals surface area contributed by atoms with Gasteiger partial charge in [-0.1, -0.05) is 0 Å². The van der Waals surface area contributed by atoms with E-state index in [1.54, 1.807) is 0 Å². The highest BCUT2D eigenvalue weighted by Crippen LogP contribution is 2.34. The van der Waals surface area contributed by atoms with Gasteiger partial charge in [-0.15, -0.1) is 0 Å². The van der Waals surface area contributed by atoms with E-state index < -0.39 is 5.78 Å². The molecule has 0 fully saturated rings. The van der Waals surface area contributed by atoms with E-state index in [-0.39, 0.29) is 11.3 Å². The zero-order valence-electron chi connectivity index (χ0n) is 9.23. The van der Waals surface area contributed by atoms with E-state index in [1.165, 1.54) is 39.5 Å². The van der Waals surface area contributed by atoms with Crippen molar-refractivity contribution in [3.8, 4) is 23.3 Å². The first-order chi connectivity index (χ1) is 7.67. The predicted molar refractivity (Wildman–Crippen MR) is 56.0 cm³/mol. The van der Waals surface area contributed by atoms with Gasteiger partial charge in [-0.25, -0.2) is 0 Å². The number of ether oxygens (including phenoxy) is 3. The van der Waals surface area contributed by atoms with Crippen LogP contribution >= 0.6 is 0 Å². The molecule has 1 aromatic carbocycles. The van der Waals surface area contributed by atoms with Crippen molar-refractivity contribution in [2.75, 3.05) is 21.3 Å². The molecular formula is C11H11NO4. The van der Waals surface area contributed by atoms with Crippen molar-refractivity contribution in [1.29, 1.82) is 5.26 Å². The maximum absolute atomic E-state index is 11.3. The van der Waals surface area contributed by atoms with Crippen LogP contribution in [0.15, 0.2) is 12.1 Å².